The van der Waals surface area contributed by atoms with E-state index in [0.717, 1.165) is 42.3 Å². The molecule has 2 aromatic heterocycles. The number of hydrogen-bond donors (Lipinski definition) is 3. The molecule has 1 saturated carbocycles. The summed E-state index contributed by atoms with van der Waals surface area (Å²) in [5.74, 6) is 6.20. The normalized spacial score (nSPS) is 16.2. The first-order valence-electron chi connectivity index (χ1n) is 8.57. The first-order valence-corrected chi connectivity index (χ1v) is 10.3. The highest BCUT2D eigenvalue weighted by atomic mass is 32.2. The lowest BCUT2D eigenvalue weighted by atomic mass is 9.96. The van der Waals surface area contributed by atoms with Crippen molar-refractivity contribution in [2.75, 3.05) is 5.84 Å². The molecule has 1 aliphatic carbocycles. The highest BCUT2D eigenvalue weighted by Crippen LogP contribution is 2.27. The molecule has 1 fully saturated rings. The first kappa shape index (κ1) is 18.7. The van der Waals surface area contributed by atoms with Gasteiger partial charge in [-0.3, -0.25) is 10.1 Å². The lowest BCUT2D eigenvalue weighted by molar-refractivity contribution is -0.119. The Kier molecular flexibility index (Phi) is 6.15. The highest BCUT2D eigenvalue weighted by Gasteiger charge is 2.23. The molecule has 10 heteroatoms. The van der Waals surface area contributed by atoms with Crippen molar-refractivity contribution in [3.8, 4) is 10.7 Å². The summed E-state index contributed by atoms with van der Waals surface area (Å²) >= 11 is 2.67. The van der Waals surface area contributed by atoms with Gasteiger partial charge in [-0.2, -0.15) is 0 Å². The molecular weight excluding hydrogens is 372 g/mol. The van der Waals surface area contributed by atoms with Crippen molar-refractivity contribution < 1.29 is 9.59 Å². The van der Waals surface area contributed by atoms with Gasteiger partial charge in [-0.25, -0.2) is 9.47 Å². The number of aromatic nitrogens is 3. The number of nitrogens with one attached hydrogen (secondary N) is 2. The molecular formula is C16H22N6O2S2. The predicted octanol–water partition coefficient (Wildman–Crippen LogP) is 2.36. The van der Waals surface area contributed by atoms with E-state index in [2.05, 4.69) is 20.8 Å². The fourth-order valence-electron chi connectivity index (χ4n) is 2.82. The number of nitrogens with zero attached hydrogens (tertiary/aromatic N) is 3. The van der Waals surface area contributed by atoms with Crippen LogP contribution < -0.4 is 16.5 Å². The van der Waals surface area contributed by atoms with Crippen LogP contribution in [-0.2, 0) is 4.79 Å². The van der Waals surface area contributed by atoms with Crippen LogP contribution in [0.3, 0.4) is 0 Å². The number of imide groups is 1. The maximum absolute atomic E-state index is 12.3. The fourth-order valence-corrected chi connectivity index (χ4v) is 4.30. The van der Waals surface area contributed by atoms with Crippen LogP contribution in [0.1, 0.15) is 39.0 Å². The summed E-state index contributed by atoms with van der Waals surface area (Å²) in [6.45, 7) is 1.70. The zero-order chi connectivity index (χ0) is 18.5. The van der Waals surface area contributed by atoms with E-state index in [1.165, 1.54) is 22.4 Å². The third-order valence-electron chi connectivity index (χ3n) is 4.23. The second kappa shape index (κ2) is 8.54. The smallest absolute Gasteiger partial charge is 0.321 e. The number of carbonyl (C=O) groups excluding carboxylic acids is 2. The van der Waals surface area contributed by atoms with Gasteiger partial charge in [0.15, 0.2) is 5.82 Å². The Hall–Kier alpha value is -2.07. The van der Waals surface area contributed by atoms with Crippen LogP contribution in [0.2, 0.25) is 0 Å². The summed E-state index contributed by atoms with van der Waals surface area (Å²) in [6.07, 6.45) is 5.37. The lowest BCUT2D eigenvalue weighted by Gasteiger charge is -2.22. The molecule has 0 aliphatic heterocycles. The maximum Gasteiger partial charge on any atom is 0.321 e. The van der Waals surface area contributed by atoms with Crippen molar-refractivity contribution in [3.05, 3.63) is 17.5 Å². The molecule has 4 N–H and O–H groups in total. The van der Waals surface area contributed by atoms with Gasteiger partial charge in [-0.05, 0) is 31.2 Å². The summed E-state index contributed by atoms with van der Waals surface area (Å²) in [7, 11) is 0. The van der Waals surface area contributed by atoms with Crippen LogP contribution in [0.15, 0.2) is 22.7 Å². The number of carbonyl (C=O) groups is 2. The van der Waals surface area contributed by atoms with Crippen molar-refractivity contribution in [2.24, 2.45) is 0 Å². The van der Waals surface area contributed by atoms with Gasteiger partial charge in [0.05, 0.1) is 10.1 Å². The monoisotopic (exact) mass is 394 g/mol. The second-order valence-corrected chi connectivity index (χ2v) is 8.47. The molecule has 26 heavy (non-hydrogen) atoms. The predicted molar refractivity (Wildman–Crippen MR) is 102 cm³/mol. The van der Waals surface area contributed by atoms with Crippen molar-refractivity contribution in [2.45, 2.75) is 55.5 Å². The van der Waals surface area contributed by atoms with E-state index in [0.29, 0.717) is 11.0 Å². The Balaban J connectivity index is 1.53. The van der Waals surface area contributed by atoms with Crippen LogP contribution in [0.25, 0.3) is 10.7 Å². The molecule has 0 bridgehead atoms. The number of nitrogen functional groups attached to an aromatic ring is 1. The second-order valence-electron chi connectivity index (χ2n) is 6.21. The first-order chi connectivity index (χ1) is 12.5. The van der Waals surface area contributed by atoms with E-state index in [-0.39, 0.29) is 11.9 Å². The molecule has 1 aliphatic rings. The Morgan fingerprint density at radius 3 is 2.81 bits per heavy atom. The Morgan fingerprint density at radius 2 is 2.12 bits per heavy atom. The molecule has 0 unspecified atom stereocenters. The summed E-state index contributed by atoms with van der Waals surface area (Å²) in [4.78, 5) is 25.2. The van der Waals surface area contributed by atoms with E-state index in [1.54, 1.807) is 6.92 Å². The average molecular weight is 395 g/mol. The summed E-state index contributed by atoms with van der Waals surface area (Å²) in [5.41, 5.74) is 0. The number of rotatable bonds is 5. The highest BCUT2D eigenvalue weighted by molar-refractivity contribution is 8.00. The van der Waals surface area contributed by atoms with Gasteiger partial charge in [-0.1, -0.05) is 37.1 Å². The number of thioether (sulfide) groups is 1. The topological polar surface area (TPSA) is 115 Å². The molecule has 8 nitrogen and oxygen atoms in total. The molecule has 0 aromatic carbocycles. The van der Waals surface area contributed by atoms with Gasteiger partial charge < -0.3 is 11.2 Å². The van der Waals surface area contributed by atoms with Gasteiger partial charge in [0.1, 0.15) is 0 Å². The summed E-state index contributed by atoms with van der Waals surface area (Å²) in [6, 6.07) is 3.52. The van der Waals surface area contributed by atoms with E-state index >= 15 is 0 Å². The van der Waals surface area contributed by atoms with Gasteiger partial charge in [0.25, 0.3) is 0 Å². The molecule has 3 amide bonds. The van der Waals surface area contributed by atoms with Crippen molar-refractivity contribution in [3.63, 3.8) is 0 Å². The summed E-state index contributed by atoms with van der Waals surface area (Å²) < 4.78 is 1.36. The van der Waals surface area contributed by atoms with Crippen molar-refractivity contribution in [1.82, 2.24) is 25.5 Å². The molecule has 1 atom stereocenters. The van der Waals surface area contributed by atoms with Crippen LogP contribution in [0, 0.1) is 0 Å². The molecule has 2 heterocycles. The van der Waals surface area contributed by atoms with Crippen molar-refractivity contribution >= 4 is 35.0 Å². The van der Waals surface area contributed by atoms with E-state index in [9.17, 15) is 9.59 Å². The van der Waals surface area contributed by atoms with Gasteiger partial charge >= 0.3 is 6.03 Å². The number of urea groups is 1. The number of amides is 3. The number of nitrogens with two attached hydrogens (primary N) is 1. The summed E-state index contributed by atoms with van der Waals surface area (Å²) in [5, 5.41) is 15.2. The molecule has 2 aromatic rings. The van der Waals surface area contributed by atoms with Crippen molar-refractivity contribution in [1.29, 1.82) is 0 Å². The van der Waals surface area contributed by atoms with Crippen LogP contribution in [0.5, 0.6) is 0 Å². The number of thiophene rings is 1. The molecule has 140 valence electrons. The largest absolute Gasteiger partial charge is 0.335 e. The maximum atomic E-state index is 12.3. The van der Waals surface area contributed by atoms with Gasteiger partial charge in [-0.15, -0.1) is 21.5 Å². The quantitative estimate of drug-likeness (QED) is 0.530. The SMILES string of the molecule is C[C@H](Sc1nnc(-c2cccs2)n1N)C(=O)NC(=O)NC1CCCCC1. The molecule has 0 radical (unpaired) electrons. The van der Waals surface area contributed by atoms with Gasteiger partial charge in [0.2, 0.25) is 11.1 Å². The van der Waals surface area contributed by atoms with E-state index in [1.807, 2.05) is 17.5 Å². The minimum absolute atomic E-state index is 0.153. The van der Waals surface area contributed by atoms with E-state index in [4.69, 9.17) is 5.84 Å². The minimum atomic E-state index is -0.533. The molecule has 0 spiro atoms. The third kappa shape index (κ3) is 4.55. The third-order valence-corrected chi connectivity index (χ3v) is 6.16. The fraction of sp³-hybridized carbons (Fsp3) is 0.500. The Labute approximate surface area is 159 Å². The number of hydrogen-bond acceptors (Lipinski definition) is 7. The molecule has 3 rings (SSSR count). The zero-order valence-electron chi connectivity index (χ0n) is 14.5. The molecule has 0 saturated heterocycles. The standard InChI is InChI=1S/C16H22N6O2S2/c1-10(14(23)19-15(24)18-11-6-3-2-4-7-11)26-16-21-20-13(22(16)17)12-8-5-9-25-12/h5,8-11H,2-4,6-7,17H2,1H3,(H2,18,19,23,24)/t10-/m0/s1. The lowest BCUT2D eigenvalue weighted by Crippen LogP contribution is -2.47. The average Bonchev–Trinajstić information content (AvgIpc) is 3.26. The van der Waals surface area contributed by atoms with E-state index < -0.39 is 11.3 Å². The van der Waals surface area contributed by atoms with Crippen LogP contribution >= 0.6 is 23.1 Å². The van der Waals surface area contributed by atoms with Crippen LogP contribution in [-0.4, -0.2) is 38.1 Å². The van der Waals surface area contributed by atoms with Gasteiger partial charge in [0, 0.05) is 6.04 Å². The Morgan fingerprint density at radius 1 is 1.35 bits per heavy atom. The Bertz CT molecular complexity index is 755. The van der Waals surface area contributed by atoms with Crippen LogP contribution in [0.4, 0.5) is 4.79 Å². The zero-order valence-corrected chi connectivity index (χ0v) is 16.1. The minimum Gasteiger partial charge on any atom is -0.335 e.